The number of nitrogens with two attached hydrogens (primary N) is 1. The summed E-state index contributed by atoms with van der Waals surface area (Å²) in [6, 6.07) is 4.63. The second-order valence-corrected chi connectivity index (χ2v) is 4.97. The quantitative estimate of drug-likeness (QED) is 0.839. The molecule has 0 unspecified atom stereocenters. The Bertz CT molecular complexity index is 396. The molecule has 1 aliphatic heterocycles. The zero-order chi connectivity index (χ0) is 11.7. The maximum absolute atomic E-state index is 5.81. The van der Waals surface area contributed by atoms with Gasteiger partial charge in [0.1, 0.15) is 5.82 Å². The number of fused-ring (bicyclic) bond motifs is 1. The summed E-state index contributed by atoms with van der Waals surface area (Å²) in [6.07, 6.45) is 6.04. The Labute approximate surface area is 102 Å². The first-order valence-electron chi connectivity index (χ1n) is 6.39. The van der Waals surface area contributed by atoms with Crippen molar-refractivity contribution in [1.29, 1.82) is 0 Å². The normalized spacial score (nSPS) is 29.2. The Kier molecular flexibility index (Phi) is 2.99. The average Bonchev–Trinajstić information content (AvgIpc) is 2.78. The lowest BCUT2D eigenvalue weighted by molar-refractivity contribution is -0.0588. The van der Waals surface area contributed by atoms with Crippen molar-refractivity contribution >= 4 is 5.82 Å². The fourth-order valence-electron chi connectivity index (χ4n) is 3.03. The predicted molar refractivity (Wildman–Crippen MR) is 66.4 cm³/mol. The second kappa shape index (κ2) is 4.63. The lowest BCUT2D eigenvalue weighted by atomic mass is 10.1. The molecular formula is C13H19N3O. The number of nitrogens with zero attached hydrogens (tertiary/aromatic N) is 2. The minimum Gasteiger partial charge on any atom is -0.384 e. The number of hydrogen-bond donors (Lipinski definition) is 1. The molecule has 0 spiro atoms. The van der Waals surface area contributed by atoms with Gasteiger partial charge in [-0.3, -0.25) is 4.90 Å². The van der Waals surface area contributed by atoms with Crippen LogP contribution in [-0.4, -0.2) is 35.2 Å². The standard InChI is InChI=1S/C13H19N3O/c14-13-8-10(4-5-15-13)9-16-6-7-17-12-3-1-2-11(12)16/h4-5,8,11-12H,1-3,6-7,9H2,(H2,14,15)/t11-,12+/m1/s1. The van der Waals surface area contributed by atoms with E-state index in [9.17, 15) is 0 Å². The summed E-state index contributed by atoms with van der Waals surface area (Å²) in [5.74, 6) is 0.610. The van der Waals surface area contributed by atoms with Crippen molar-refractivity contribution in [2.75, 3.05) is 18.9 Å². The van der Waals surface area contributed by atoms with Gasteiger partial charge in [0.2, 0.25) is 0 Å². The van der Waals surface area contributed by atoms with E-state index in [2.05, 4.69) is 16.0 Å². The number of aromatic nitrogens is 1. The molecule has 4 nitrogen and oxygen atoms in total. The summed E-state index contributed by atoms with van der Waals surface area (Å²) in [5.41, 5.74) is 6.97. The van der Waals surface area contributed by atoms with Crippen LogP contribution in [0.25, 0.3) is 0 Å². The van der Waals surface area contributed by atoms with Crippen molar-refractivity contribution in [2.45, 2.75) is 38.0 Å². The highest BCUT2D eigenvalue weighted by Crippen LogP contribution is 2.30. The van der Waals surface area contributed by atoms with Crippen molar-refractivity contribution in [3.63, 3.8) is 0 Å². The third-order valence-corrected chi connectivity index (χ3v) is 3.83. The molecule has 0 amide bonds. The fraction of sp³-hybridized carbons (Fsp3) is 0.615. The third kappa shape index (κ3) is 2.28. The van der Waals surface area contributed by atoms with Gasteiger partial charge in [0.05, 0.1) is 12.7 Å². The maximum Gasteiger partial charge on any atom is 0.123 e. The molecule has 0 bridgehead atoms. The van der Waals surface area contributed by atoms with Crippen LogP contribution in [0.2, 0.25) is 0 Å². The number of hydrogen-bond acceptors (Lipinski definition) is 4. The first-order chi connectivity index (χ1) is 8.33. The van der Waals surface area contributed by atoms with Crippen molar-refractivity contribution in [3.8, 4) is 0 Å². The van der Waals surface area contributed by atoms with Crippen LogP contribution in [0, 0.1) is 0 Å². The number of rotatable bonds is 2. The Balaban J connectivity index is 1.71. The van der Waals surface area contributed by atoms with Gasteiger partial charge in [0.25, 0.3) is 0 Å². The van der Waals surface area contributed by atoms with Gasteiger partial charge in [-0.1, -0.05) is 0 Å². The Morgan fingerprint density at radius 1 is 1.47 bits per heavy atom. The highest BCUT2D eigenvalue weighted by molar-refractivity contribution is 5.31. The van der Waals surface area contributed by atoms with Gasteiger partial charge in [0.15, 0.2) is 0 Å². The average molecular weight is 233 g/mol. The van der Waals surface area contributed by atoms with Gasteiger partial charge in [0, 0.05) is 25.3 Å². The van der Waals surface area contributed by atoms with E-state index in [0.29, 0.717) is 18.0 Å². The Hall–Kier alpha value is -1.13. The van der Waals surface area contributed by atoms with Crippen LogP contribution in [0.4, 0.5) is 5.82 Å². The molecule has 1 saturated carbocycles. The summed E-state index contributed by atoms with van der Waals surface area (Å²) >= 11 is 0. The molecule has 1 aromatic heterocycles. The van der Waals surface area contributed by atoms with Crippen LogP contribution >= 0.6 is 0 Å². The minimum absolute atomic E-state index is 0.461. The van der Waals surface area contributed by atoms with E-state index >= 15 is 0 Å². The molecule has 4 heteroatoms. The van der Waals surface area contributed by atoms with Gasteiger partial charge in [-0.05, 0) is 37.0 Å². The first kappa shape index (κ1) is 11.0. The van der Waals surface area contributed by atoms with Crippen LogP contribution in [0.5, 0.6) is 0 Å². The van der Waals surface area contributed by atoms with Crippen LogP contribution in [0.1, 0.15) is 24.8 Å². The van der Waals surface area contributed by atoms with Gasteiger partial charge in [-0.15, -0.1) is 0 Å². The molecule has 0 aromatic carbocycles. The van der Waals surface area contributed by atoms with E-state index in [-0.39, 0.29) is 0 Å². The molecule has 2 atom stereocenters. The van der Waals surface area contributed by atoms with E-state index < -0.39 is 0 Å². The van der Waals surface area contributed by atoms with Crippen LogP contribution in [0.15, 0.2) is 18.3 Å². The maximum atomic E-state index is 5.81. The van der Waals surface area contributed by atoms with Gasteiger partial charge >= 0.3 is 0 Å². The molecule has 1 aromatic rings. The van der Waals surface area contributed by atoms with Crippen molar-refractivity contribution in [2.24, 2.45) is 0 Å². The van der Waals surface area contributed by atoms with Crippen molar-refractivity contribution in [1.82, 2.24) is 9.88 Å². The van der Waals surface area contributed by atoms with Crippen molar-refractivity contribution in [3.05, 3.63) is 23.9 Å². The SMILES string of the molecule is Nc1cc(CN2CCO[C@H]3CCC[C@H]32)ccn1. The van der Waals surface area contributed by atoms with Gasteiger partial charge in [-0.2, -0.15) is 0 Å². The lowest BCUT2D eigenvalue weighted by Crippen LogP contribution is -2.47. The lowest BCUT2D eigenvalue weighted by Gasteiger charge is -2.37. The first-order valence-corrected chi connectivity index (χ1v) is 6.39. The summed E-state index contributed by atoms with van der Waals surface area (Å²) in [6.45, 7) is 2.86. The fourth-order valence-corrected chi connectivity index (χ4v) is 3.03. The third-order valence-electron chi connectivity index (χ3n) is 3.83. The highest BCUT2D eigenvalue weighted by Gasteiger charge is 2.35. The molecular weight excluding hydrogens is 214 g/mol. The van der Waals surface area contributed by atoms with E-state index in [1.807, 2.05) is 6.07 Å². The zero-order valence-electron chi connectivity index (χ0n) is 10.0. The minimum atomic E-state index is 0.461. The molecule has 2 fully saturated rings. The van der Waals surface area contributed by atoms with E-state index in [0.717, 1.165) is 19.7 Å². The van der Waals surface area contributed by atoms with Crippen LogP contribution in [-0.2, 0) is 11.3 Å². The predicted octanol–water partition coefficient (Wildman–Crippen LogP) is 1.42. The van der Waals surface area contributed by atoms with Crippen molar-refractivity contribution < 1.29 is 4.74 Å². The number of anilines is 1. The summed E-state index contributed by atoms with van der Waals surface area (Å²) in [5, 5.41) is 0. The molecule has 3 rings (SSSR count). The van der Waals surface area contributed by atoms with Gasteiger partial charge < -0.3 is 10.5 Å². The number of pyridine rings is 1. The Morgan fingerprint density at radius 3 is 3.29 bits per heavy atom. The monoisotopic (exact) mass is 233 g/mol. The molecule has 1 aliphatic carbocycles. The second-order valence-electron chi connectivity index (χ2n) is 4.97. The van der Waals surface area contributed by atoms with E-state index in [1.165, 1.54) is 24.8 Å². The van der Waals surface area contributed by atoms with Crippen LogP contribution < -0.4 is 5.73 Å². The number of ether oxygens (including phenoxy) is 1. The van der Waals surface area contributed by atoms with Gasteiger partial charge in [-0.25, -0.2) is 4.98 Å². The molecule has 92 valence electrons. The summed E-state index contributed by atoms with van der Waals surface area (Å²) in [7, 11) is 0. The number of nitrogen functional groups attached to an aromatic ring is 1. The highest BCUT2D eigenvalue weighted by atomic mass is 16.5. The van der Waals surface area contributed by atoms with E-state index in [1.54, 1.807) is 6.20 Å². The topological polar surface area (TPSA) is 51.4 Å². The molecule has 2 heterocycles. The summed E-state index contributed by atoms with van der Waals surface area (Å²) < 4.78 is 5.81. The Morgan fingerprint density at radius 2 is 2.41 bits per heavy atom. The van der Waals surface area contributed by atoms with E-state index in [4.69, 9.17) is 10.5 Å². The molecule has 0 radical (unpaired) electrons. The molecule has 17 heavy (non-hydrogen) atoms. The molecule has 2 N–H and O–H groups in total. The molecule has 2 aliphatic rings. The largest absolute Gasteiger partial charge is 0.384 e. The molecule has 1 saturated heterocycles. The smallest absolute Gasteiger partial charge is 0.123 e. The number of morpholine rings is 1. The summed E-state index contributed by atoms with van der Waals surface area (Å²) in [4.78, 5) is 6.57. The van der Waals surface area contributed by atoms with Crippen LogP contribution in [0.3, 0.4) is 0 Å². The zero-order valence-corrected chi connectivity index (χ0v) is 10.0.